The number of unbranched alkanes of at least 4 members (excludes halogenated alkanes) is 2. The fourth-order valence-corrected chi connectivity index (χ4v) is 3.15. The van der Waals surface area contributed by atoms with Crippen molar-refractivity contribution in [1.82, 2.24) is 4.90 Å². The maximum atomic E-state index is 6.20. The molecule has 3 nitrogen and oxygen atoms in total. The minimum Gasteiger partial charge on any atom is -0.378 e. The average molecular weight is 270 g/mol. The van der Waals surface area contributed by atoms with Gasteiger partial charge in [0.1, 0.15) is 0 Å². The molecule has 0 bridgehead atoms. The predicted octanol–water partition coefficient (Wildman–Crippen LogP) is 3.18. The van der Waals surface area contributed by atoms with Gasteiger partial charge in [0.05, 0.1) is 6.10 Å². The monoisotopic (exact) mass is 270 g/mol. The van der Waals surface area contributed by atoms with Gasteiger partial charge in [-0.15, -0.1) is 0 Å². The summed E-state index contributed by atoms with van der Waals surface area (Å²) in [7, 11) is 0. The Hall–Kier alpha value is -0.120. The van der Waals surface area contributed by atoms with Crippen LogP contribution in [0, 0.1) is 0 Å². The zero-order valence-electron chi connectivity index (χ0n) is 13.3. The summed E-state index contributed by atoms with van der Waals surface area (Å²) < 4.78 is 5.86. The molecular weight excluding hydrogens is 236 g/mol. The van der Waals surface area contributed by atoms with Crippen LogP contribution in [0.4, 0.5) is 0 Å². The summed E-state index contributed by atoms with van der Waals surface area (Å²) >= 11 is 0. The molecule has 1 aliphatic heterocycles. The van der Waals surface area contributed by atoms with Gasteiger partial charge in [0.15, 0.2) is 0 Å². The molecule has 0 saturated carbocycles. The fraction of sp³-hybridized carbons (Fsp3) is 1.00. The minimum absolute atomic E-state index is 0.198. The maximum Gasteiger partial charge on any atom is 0.0590 e. The van der Waals surface area contributed by atoms with Gasteiger partial charge in [0.25, 0.3) is 0 Å². The van der Waals surface area contributed by atoms with Gasteiger partial charge < -0.3 is 10.5 Å². The van der Waals surface area contributed by atoms with Crippen molar-refractivity contribution in [1.29, 1.82) is 0 Å². The van der Waals surface area contributed by atoms with Crippen molar-refractivity contribution in [3.63, 3.8) is 0 Å². The number of hydrogen-bond acceptors (Lipinski definition) is 3. The Labute approximate surface area is 119 Å². The molecule has 0 aromatic rings. The Balaban J connectivity index is 2.73. The Morgan fingerprint density at radius 2 is 1.79 bits per heavy atom. The number of rotatable bonds is 9. The van der Waals surface area contributed by atoms with Crippen molar-refractivity contribution in [3.05, 3.63) is 0 Å². The molecule has 0 aliphatic carbocycles. The van der Waals surface area contributed by atoms with E-state index in [2.05, 4.69) is 25.7 Å². The fourth-order valence-electron chi connectivity index (χ4n) is 3.15. The van der Waals surface area contributed by atoms with Crippen LogP contribution in [0.25, 0.3) is 0 Å². The standard InChI is InChI=1S/C16H34N2O/c1-4-7-10-18(11-8-5-2)16(14-17)9-12-19-15(6-3)13-16/h15H,4-14,17H2,1-3H3. The first-order chi connectivity index (χ1) is 9.22. The predicted molar refractivity (Wildman–Crippen MR) is 82.4 cm³/mol. The Kier molecular flexibility index (Phi) is 7.96. The third-order valence-electron chi connectivity index (χ3n) is 4.60. The lowest BCUT2D eigenvalue weighted by atomic mass is 9.83. The van der Waals surface area contributed by atoms with Crippen molar-refractivity contribution in [2.45, 2.75) is 77.4 Å². The molecular formula is C16H34N2O. The summed E-state index contributed by atoms with van der Waals surface area (Å²) in [5.74, 6) is 0. The van der Waals surface area contributed by atoms with Crippen LogP contribution in [-0.4, -0.2) is 42.8 Å². The van der Waals surface area contributed by atoms with Gasteiger partial charge in [0.2, 0.25) is 0 Å². The van der Waals surface area contributed by atoms with Crippen LogP contribution in [0.2, 0.25) is 0 Å². The second-order valence-electron chi connectivity index (χ2n) is 5.98. The Morgan fingerprint density at radius 3 is 2.26 bits per heavy atom. The highest BCUT2D eigenvalue weighted by Crippen LogP contribution is 2.32. The third-order valence-corrected chi connectivity index (χ3v) is 4.60. The Bertz CT molecular complexity index is 227. The molecule has 1 saturated heterocycles. The number of ether oxygens (including phenoxy) is 1. The highest BCUT2D eigenvalue weighted by atomic mass is 16.5. The van der Waals surface area contributed by atoms with Crippen molar-refractivity contribution < 1.29 is 4.74 Å². The molecule has 1 aliphatic rings. The first kappa shape index (κ1) is 16.9. The van der Waals surface area contributed by atoms with Gasteiger partial charge in [-0.2, -0.15) is 0 Å². The summed E-state index contributed by atoms with van der Waals surface area (Å²) in [6.45, 7) is 10.8. The summed E-state index contributed by atoms with van der Waals surface area (Å²) in [6.07, 6.45) is 8.82. The van der Waals surface area contributed by atoms with E-state index in [9.17, 15) is 0 Å². The quantitative estimate of drug-likeness (QED) is 0.699. The summed E-state index contributed by atoms with van der Waals surface area (Å²) in [5, 5.41) is 0. The second-order valence-corrected chi connectivity index (χ2v) is 5.98. The lowest BCUT2D eigenvalue weighted by Crippen LogP contribution is -2.59. The molecule has 1 rings (SSSR count). The van der Waals surface area contributed by atoms with Gasteiger partial charge in [-0.05, 0) is 45.2 Å². The van der Waals surface area contributed by atoms with E-state index in [1.54, 1.807) is 0 Å². The van der Waals surface area contributed by atoms with Crippen molar-refractivity contribution >= 4 is 0 Å². The molecule has 2 atom stereocenters. The van der Waals surface area contributed by atoms with Crippen LogP contribution in [-0.2, 0) is 4.74 Å². The lowest BCUT2D eigenvalue weighted by molar-refractivity contribution is -0.0727. The SMILES string of the molecule is CCCCN(CCCC)C1(CN)CCOC(CC)C1. The van der Waals surface area contributed by atoms with Gasteiger partial charge in [-0.1, -0.05) is 33.6 Å². The first-order valence-corrected chi connectivity index (χ1v) is 8.29. The first-order valence-electron chi connectivity index (χ1n) is 8.29. The molecule has 1 fully saturated rings. The molecule has 19 heavy (non-hydrogen) atoms. The van der Waals surface area contributed by atoms with Crippen LogP contribution >= 0.6 is 0 Å². The van der Waals surface area contributed by atoms with Gasteiger partial charge in [-0.25, -0.2) is 0 Å². The molecule has 2 N–H and O–H groups in total. The lowest BCUT2D eigenvalue weighted by Gasteiger charge is -2.48. The Morgan fingerprint density at radius 1 is 1.16 bits per heavy atom. The highest BCUT2D eigenvalue weighted by molar-refractivity contribution is 4.96. The molecule has 3 heteroatoms. The molecule has 0 spiro atoms. The molecule has 0 radical (unpaired) electrons. The third kappa shape index (κ3) is 4.73. The smallest absolute Gasteiger partial charge is 0.0590 e. The normalized spacial score (nSPS) is 27.9. The van der Waals surface area contributed by atoms with Gasteiger partial charge in [-0.3, -0.25) is 4.90 Å². The largest absolute Gasteiger partial charge is 0.378 e. The van der Waals surface area contributed by atoms with E-state index in [0.717, 1.165) is 32.4 Å². The number of nitrogens with zero attached hydrogens (tertiary/aromatic N) is 1. The molecule has 0 amide bonds. The topological polar surface area (TPSA) is 38.5 Å². The second kappa shape index (κ2) is 8.93. The van der Waals surface area contributed by atoms with E-state index in [1.807, 2.05) is 0 Å². The van der Waals surface area contributed by atoms with E-state index in [1.165, 1.54) is 38.8 Å². The summed E-state index contributed by atoms with van der Waals surface area (Å²) in [4.78, 5) is 2.69. The van der Waals surface area contributed by atoms with Crippen LogP contribution in [0.3, 0.4) is 0 Å². The molecule has 0 aromatic carbocycles. The van der Waals surface area contributed by atoms with E-state index in [-0.39, 0.29) is 5.54 Å². The zero-order chi connectivity index (χ0) is 14.1. The van der Waals surface area contributed by atoms with E-state index < -0.39 is 0 Å². The highest BCUT2D eigenvalue weighted by Gasteiger charge is 2.39. The number of hydrogen-bond donors (Lipinski definition) is 1. The summed E-state index contributed by atoms with van der Waals surface area (Å²) in [6, 6.07) is 0. The van der Waals surface area contributed by atoms with Crippen molar-refractivity contribution in [2.75, 3.05) is 26.2 Å². The molecule has 2 unspecified atom stereocenters. The van der Waals surface area contributed by atoms with Gasteiger partial charge in [0, 0.05) is 18.7 Å². The molecule has 0 aromatic heterocycles. The van der Waals surface area contributed by atoms with Crippen LogP contribution < -0.4 is 5.73 Å². The molecule has 1 heterocycles. The number of nitrogens with two attached hydrogens (primary N) is 1. The van der Waals surface area contributed by atoms with Crippen LogP contribution in [0.15, 0.2) is 0 Å². The zero-order valence-corrected chi connectivity index (χ0v) is 13.3. The van der Waals surface area contributed by atoms with E-state index in [0.29, 0.717) is 6.10 Å². The van der Waals surface area contributed by atoms with Crippen LogP contribution in [0.5, 0.6) is 0 Å². The van der Waals surface area contributed by atoms with E-state index in [4.69, 9.17) is 10.5 Å². The maximum absolute atomic E-state index is 6.20. The minimum atomic E-state index is 0.198. The molecule has 114 valence electrons. The van der Waals surface area contributed by atoms with E-state index >= 15 is 0 Å². The summed E-state index contributed by atoms with van der Waals surface area (Å²) in [5.41, 5.74) is 6.40. The van der Waals surface area contributed by atoms with Crippen molar-refractivity contribution in [2.24, 2.45) is 5.73 Å². The average Bonchev–Trinajstić information content (AvgIpc) is 2.47. The van der Waals surface area contributed by atoms with Gasteiger partial charge >= 0.3 is 0 Å². The van der Waals surface area contributed by atoms with Crippen LogP contribution in [0.1, 0.15) is 65.7 Å². The van der Waals surface area contributed by atoms with Crippen molar-refractivity contribution in [3.8, 4) is 0 Å².